The van der Waals surface area contributed by atoms with E-state index >= 15 is 0 Å². The molecule has 1 N–H and O–H groups in total. The van der Waals surface area contributed by atoms with Crippen LogP contribution >= 0.6 is 11.6 Å². The molecule has 0 radical (unpaired) electrons. The van der Waals surface area contributed by atoms with E-state index in [4.69, 9.17) is 11.6 Å². The Morgan fingerprint density at radius 3 is 2.89 bits per heavy atom. The van der Waals surface area contributed by atoms with E-state index in [1.165, 1.54) is 12.1 Å². The molecule has 1 aromatic rings. The number of nitrogens with one attached hydrogen (secondary N) is 1. The van der Waals surface area contributed by atoms with Crippen LogP contribution in [0.15, 0.2) is 18.2 Å². The van der Waals surface area contributed by atoms with Crippen LogP contribution in [0.3, 0.4) is 0 Å². The Kier molecular flexibility index (Phi) is 4.52. The van der Waals surface area contributed by atoms with Gasteiger partial charge >= 0.3 is 0 Å². The molecule has 3 heteroatoms. The molecule has 1 atom stereocenters. The van der Waals surface area contributed by atoms with Crippen LogP contribution in [0.1, 0.15) is 25.8 Å². The van der Waals surface area contributed by atoms with Crippen LogP contribution in [0.4, 0.5) is 5.69 Å². The van der Waals surface area contributed by atoms with E-state index in [1.807, 2.05) is 6.92 Å². The zero-order valence-corrected chi connectivity index (χ0v) is 12.3. The van der Waals surface area contributed by atoms with Crippen molar-refractivity contribution in [3.05, 3.63) is 28.8 Å². The summed E-state index contributed by atoms with van der Waals surface area (Å²) in [5.41, 5.74) is 2.40. The van der Waals surface area contributed by atoms with Gasteiger partial charge in [0.15, 0.2) is 0 Å². The van der Waals surface area contributed by atoms with Gasteiger partial charge in [-0.2, -0.15) is 0 Å². The number of benzene rings is 1. The molecule has 0 aromatic heterocycles. The lowest BCUT2D eigenvalue weighted by Gasteiger charge is -2.36. The summed E-state index contributed by atoms with van der Waals surface area (Å²) in [6.45, 7) is 9.81. The van der Waals surface area contributed by atoms with Crippen LogP contribution in [-0.2, 0) is 0 Å². The minimum Gasteiger partial charge on any atom is -0.369 e. The van der Waals surface area contributed by atoms with Crippen molar-refractivity contribution < 1.29 is 0 Å². The van der Waals surface area contributed by atoms with E-state index in [2.05, 4.69) is 42.3 Å². The summed E-state index contributed by atoms with van der Waals surface area (Å²) in [7, 11) is 0. The third-order valence-electron chi connectivity index (χ3n) is 3.53. The first-order valence-corrected chi connectivity index (χ1v) is 7.18. The van der Waals surface area contributed by atoms with Gasteiger partial charge in [-0.25, -0.2) is 0 Å². The van der Waals surface area contributed by atoms with Crippen LogP contribution in [-0.4, -0.2) is 25.7 Å². The quantitative estimate of drug-likeness (QED) is 0.901. The van der Waals surface area contributed by atoms with E-state index in [-0.39, 0.29) is 0 Å². The summed E-state index contributed by atoms with van der Waals surface area (Å²) >= 11 is 6.21. The zero-order chi connectivity index (χ0) is 13.1. The fourth-order valence-electron chi connectivity index (χ4n) is 2.57. The van der Waals surface area contributed by atoms with Gasteiger partial charge in [0.25, 0.3) is 0 Å². The SMILES string of the molecule is Cc1ccc(N2CCNC(CC(C)C)C2)cc1Cl. The second-order valence-corrected chi connectivity index (χ2v) is 6.07. The number of nitrogens with zero attached hydrogens (tertiary/aromatic N) is 1. The van der Waals surface area contributed by atoms with E-state index in [9.17, 15) is 0 Å². The van der Waals surface area contributed by atoms with E-state index in [1.54, 1.807) is 0 Å². The highest BCUT2D eigenvalue weighted by Gasteiger charge is 2.20. The molecule has 0 aliphatic carbocycles. The fraction of sp³-hybridized carbons (Fsp3) is 0.600. The molecular formula is C15H23ClN2. The maximum Gasteiger partial charge on any atom is 0.0455 e. The summed E-state index contributed by atoms with van der Waals surface area (Å²) in [4.78, 5) is 2.44. The highest BCUT2D eigenvalue weighted by molar-refractivity contribution is 6.31. The molecule has 18 heavy (non-hydrogen) atoms. The van der Waals surface area contributed by atoms with E-state index in [0.29, 0.717) is 6.04 Å². The van der Waals surface area contributed by atoms with Crippen LogP contribution in [0.5, 0.6) is 0 Å². The molecule has 0 saturated carbocycles. The van der Waals surface area contributed by atoms with Gasteiger partial charge in [-0.15, -0.1) is 0 Å². The largest absolute Gasteiger partial charge is 0.369 e. The number of halogens is 1. The lowest BCUT2D eigenvalue weighted by Crippen LogP contribution is -2.51. The number of anilines is 1. The van der Waals surface area contributed by atoms with Crippen molar-refractivity contribution in [2.24, 2.45) is 5.92 Å². The number of rotatable bonds is 3. The molecule has 1 heterocycles. The summed E-state index contributed by atoms with van der Waals surface area (Å²) in [5, 5.41) is 4.47. The van der Waals surface area contributed by atoms with Crippen molar-refractivity contribution in [3.8, 4) is 0 Å². The Hall–Kier alpha value is -0.730. The Balaban J connectivity index is 2.05. The number of aryl methyl sites for hydroxylation is 1. The second-order valence-electron chi connectivity index (χ2n) is 5.66. The average molecular weight is 267 g/mol. The molecule has 1 unspecified atom stereocenters. The highest BCUT2D eigenvalue weighted by atomic mass is 35.5. The van der Waals surface area contributed by atoms with Crippen molar-refractivity contribution in [1.82, 2.24) is 5.32 Å². The van der Waals surface area contributed by atoms with Crippen LogP contribution < -0.4 is 10.2 Å². The van der Waals surface area contributed by atoms with Gasteiger partial charge in [0.05, 0.1) is 0 Å². The molecule has 1 fully saturated rings. The zero-order valence-electron chi connectivity index (χ0n) is 11.5. The Labute approximate surface area is 115 Å². The van der Waals surface area contributed by atoms with Gasteiger partial charge in [0, 0.05) is 36.4 Å². The van der Waals surface area contributed by atoms with Gasteiger partial charge < -0.3 is 10.2 Å². The van der Waals surface area contributed by atoms with Crippen molar-refractivity contribution in [2.45, 2.75) is 33.2 Å². The first-order chi connectivity index (χ1) is 8.56. The highest BCUT2D eigenvalue weighted by Crippen LogP contribution is 2.24. The molecule has 0 amide bonds. The Bertz CT molecular complexity index is 403. The lowest BCUT2D eigenvalue weighted by atomic mass is 10.0. The number of piperazine rings is 1. The van der Waals surface area contributed by atoms with E-state index < -0.39 is 0 Å². The molecule has 1 aromatic carbocycles. The van der Waals surface area contributed by atoms with Gasteiger partial charge in [0.2, 0.25) is 0 Å². The van der Waals surface area contributed by atoms with Crippen LogP contribution in [0.25, 0.3) is 0 Å². The van der Waals surface area contributed by atoms with Crippen LogP contribution in [0.2, 0.25) is 5.02 Å². The molecule has 1 saturated heterocycles. The maximum absolute atomic E-state index is 6.21. The molecule has 2 nitrogen and oxygen atoms in total. The summed E-state index contributed by atoms with van der Waals surface area (Å²) in [6.07, 6.45) is 1.23. The predicted molar refractivity (Wildman–Crippen MR) is 79.6 cm³/mol. The number of hydrogen-bond donors (Lipinski definition) is 1. The standard InChI is InChI=1S/C15H23ClN2/c1-11(2)8-13-10-18(7-6-17-13)14-5-4-12(3)15(16)9-14/h4-5,9,11,13,17H,6-8,10H2,1-3H3. The summed E-state index contributed by atoms with van der Waals surface area (Å²) < 4.78 is 0. The predicted octanol–water partition coefficient (Wildman–Crippen LogP) is 3.47. The summed E-state index contributed by atoms with van der Waals surface area (Å²) in [6, 6.07) is 6.98. The molecule has 1 aliphatic rings. The van der Waals surface area contributed by atoms with Gasteiger partial charge in [-0.3, -0.25) is 0 Å². The molecule has 1 aliphatic heterocycles. The van der Waals surface area contributed by atoms with Gasteiger partial charge in [0.1, 0.15) is 0 Å². The second kappa shape index (κ2) is 5.94. The van der Waals surface area contributed by atoms with Crippen molar-refractivity contribution in [3.63, 3.8) is 0 Å². The van der Waals surface area contributed by atoms with Crippen molar-refractivity contribution in [2.75, 3.05) is 24.5 Å². The topological polar surface area (TPSA) is 15.3 Å². The fourth-order valence-corrected chi connectivity index (χ4v) is 2.74. The summed E-state index contributed by atoms with van der Waals surface area (Å²) in [5.74, 6) is 0.740. The van der Waals surface area contributed by atoms with Crippen molar-refractivity contribution >= 4 is 17.3 Å². The molecule has 2 rings (SSSR count). The Morgan fingerprint density at radius 1 is 1.44 bits per heavy atom. The number of hydrogen-bond acceptors (Lipinski definition) is 2. The van der Waals surface area contributed by atoms with E-state index in [0.717, 1.165) is 36.1 Å². The first-order valence-electron chi connectivity index (χ1n) is 6.80. The van der Waals surface area contributed by atoms with Gasteiger partial charge in [-0.05, 0) is 37.0 Å². The third kappa shape index (κ3) is 3.39. The molecule has 0 bridgehead atoms. The van der Waals surface area contributed by atoms with Crippen LogP contribution in [0, 0.1) is 12.8 Å². The molecule has 100 valence electrons. The average Bonchev–Trinajstić information content (AvgIpc) is 2.32. The third-order valence-corrected chi connectivity index (χ3v) is 3.94. The smallest absolute Gasteiger partial charge is 0.0455 e. The van der Waals surface area contributed by atoms with Gasteiger partial charge in [-0.1, -0.05) is 31.5 Å². The lowest BCUT2D eigenvalue weighted by molar-refractivity contribution is 0.388. The van der Waals surface area contributed by atoms with Crippen molar-refractivity contribution in [1.29, 1.82) is 0 Å². The first kappa shape index (κ1) is 13.7. The monoisotopic (exact) mass is 266 g/mol. The normalized spacial score (nSPS) is 20.5. The molecular weight excluding hydrogens is 244 g/mol. The molecule has 0 spiro atoms. The maximum atomic E-state index is 6.21. The minimum absolute atomic E-state index is 0.596. The Morgan fingerprint density at radius 2 is 2.22 bits per heavy atom. The minimum atomic E-state index is 0.596.